The maximum absolute atomic E-state index is 5.48. The van der Waals surface area contributed by atoms with Crippen LogP contribution in [0.1, 0.15) is 57.1 Å². The summed E-state index contributed by atoms with van der Waals surface area (Å²) in [7, 11) is 0. The van der Waals surface area contributed by atoms with Crippen molar-refractivity contribution in [3.8, 4) is 56.2 Å². The van der Waals surface area contributed by atoms with Gasteiger partial charge in [0.2, 0.25) is 0 Å². The van der Waals surface area contributed by atoms with Crippen molar-refractivity contribution in [1.82, 2.24) is 9.97 Å². The van der Waals surface area contributed by atoms with E-state index >= 15 is 0 Å². The van der Waals surface area contributed by atoms with Crippen LogP contribution in [0.2, 0.25) is 0 Å². The van der Waals surface area contributed by atoms with Crippen LogP contribution in [0.15, 0.2) is 146 Å². The zero-order valence-corrected chi connectivity index (χ0v) is 32.3. The lowest BCUT2D eigenvalue weighted by Gasteiger charge is -2.55. The van der Waals surface area contributed by atoms with E-state index in [1.807, 2.05) is 11.3 Å². The first kappa shape index (κ1) is 33.0. The first-order valence-electron chi connectivity index (χ1n) is 20.3. The average Bonchev–Trinajstić information content (AvgIpc) is 3.77. The van der Waals surface area contributed by atoms with Crippen LogP contribution in [0.5, 0.6) is 0 Å². The second-order valence-electron chi connectivity index (χ2n) is 16.5. The molecular formula is C52H44N2S. The van der Waals surface area contributed by atoms with Crippen molar-refractivity contribution in [2.24, 2.45) is 23.7 Å². The van der Waals surface area contributed by atoms with Crippen molar-refractivity contribution in [2.75, 3.05) is 0 Å². The number of hydrogen-bond donors (Lipinski definition) is 0. The van der Waals surface area contributed by atoms with E-state index in [1.54, 1.807) is 0 Å². The van der Waals surface area contributed by atoms with Crippen molar-refractivity contribution in [3.05, 3.63) is 157 Å². The third-order valence-corrected chi connectivity index (χ3v) is 14.8. The molecular weight excluding hydrogens is 685 g/mol. The number of nitrogens with zero attached hydrogens (tertiary/aromatic N) is 2. The van der Waals surface area contributed by atoms with Gasteiger partial charge in [-0.2, -0.15) is 0 Å². The monoisotopic (exact) mass is 728 g/mol. The molecule has 2 nitrogen and oxygen atoms in total. The third kappa shape index (κ3) is 5.05. The molecule has 11 rings (SSSR count). The summed E-state index contributed by atoms with van der Waals surface area (Å²) >= 11 is 1.89. The molecule has 2 bridgehead atoms. The molecule has 2 fully saturated rings. The lowest BCUT2D eigenvalue weighted by atomic mass is 9.49. The molecule has 1 spiro atoms. The van der Waals surface area contributed by atoms with Crippen LogP contribution < -0.4 is 0 Å². The largest absolute Gasteiger partial charge is 0.228 e. The van der Waals surface area contributed by atoms with Gasteiger partial charge in [0.25, 0.3) is 0 Å². The van der Waals surface area contributed by atoms with Crippen molar-refractivity contribution < 1.29 is 0 Å². The molecule has 55 heavy (non-hydrogen) atoms. The maximum Gasteiger partial charge on any atom is 0.160 e. The molecule has 0 radical (unpaired) electrons. The summed E-state index contributed by atoms with van der Waals surface area (Å²) in [6, 6.07) is 53.8. The number of rotatable bonds is 5. The van der Waals surface area contributed by atoms with Gasteiger partial charge >= 0.3 is 0 Å². The summed E-state index contributed by atoms with van der Waals surface area (Å²) in [6.45, 7) is 4.99. The van der Waals surface area contributed by atoms with Crippen molar-refractivity contribution in [2.45, 2.75) is 51.4 Å². The predicted molar refractivity (Wildman–Crippen MR) is 231 cm³/mol. The molecule has 0 saturated heterocycles. The van der Waals surface area contributed by atoms with E-state index in [0.717, 1.165) is 40.2 Å². The highest BCUT2D eigenvalue weighted by Gasteiger charge is 2.58. The van der Waals surface area contributed by atoms with Crippen LogP contribution in [0.3, 0.4) is 0 Å². The molecule has 6 aromatic carbocycles. The van der Waals surface area contributed by atoms with E-state index in [2.05, 4.69) is 159 Å². The Balaban J connectivity index is 1.20. The van der Waals surface area contributed by atoms with E-state index in [-0.39, 0.29) is 5.41 Å². The zero-order chi connectivity index (χ0) is 36.7. The van der Waals surface area contributed by atoms with Gasteiger partial charge in [-0.25, -0.2) is 9.97 Å². The topological polar surface area (TPSA) is 25.8 Å². The average molecular weight is 729 g/mol. The highest BCUT2D eigenvalue weighted by molar-refractivity contribution is 7.25. The molecule has 3 aliphatic rings. The molecule has 268 valence electrons. The molecule has 5 atom stereocenters. The summed E-state index contributed by atoms with van der Waals surface area (Å²) in [4.78, 5) is 11.0. The van der Waals surface area contributed by atoms with Crippen molar-refractivity contribution in [3.63, 3.8) is 0 Å². The molecule has 5 unspecified atom stereocenters. The molecule has 8 aromatic rings. The fourth-order valence-corrected chi connectivity index (χ4v) is 12.5. The lowest BCUT2D eigenvalue weighted by molar-refractivity contribution is 0.0371. The van der Waals surface area contributed by atoms with Gasteiger partial charge in [0.1, 0.15) is 0 Å². The molecule has 2 saturated carbocycles. The molecule has 0 aliphatic heterocycles. The van der Waals surface area contributed by atoms with E-state index < -0.39 is 0 Å². The zero-order valence-electron chi connectivity index (χ0n) is 31.5. The molecule has 0 N–H and O–H groups in total. The van der Waals surface area contributed by atoms with E-state index in [9.17, 15) is 0 Å². The standard InChI is InChI=1S/C52H44N2S/c1-3-33-27-34-26-32(2)52(38(28-33)29-34)44-22-13-19-39(37-24-25-48-43(30-37)40-18-10-11-23-47(40)55-48)49(44)41-20-12-21-42(50(41)52)51-53-45(35-14-6-4-7-15-35)31-46(54-51)36-16-8-5-9-17-36/h4-25,30-34,38H,3,26-29H2,1-2H3. The first-order chi connectivity index (χ1) is 27.1. The first-order valence-corrected chi connectivity index (χ1v) is 21.1. The van der Waals surface area contributed by atoms with Gasteiger partial charge in [-0.3, -0.25) is 0 Å². The minimum Gasteiger partial charge on any atom is -0.228 e. The maximum atomic E-state index is 5.48. The Kier molecular flexibility index (Phi) is 7.71. The Labute approximate surface area is 328 Å². The fraction of sp³-hybridized carbons (Fsp3) is 0.231. The Hall–Kier alpha value is -5.38. The number of hydrogen-bond acceptors (Lipinski definition) is 3. The van der Waals surface area contributed by atoms with Gasteiger partial charge < -0.3 is 0 Å². The molecule has 0 amide bonds. The summed E-state index contributed by atoms with van der Waals surface area (Å²) in [5.41, 5.74) is 13.6. The van der Waals surface area contributed by atoms with Crippen LogP contribution >= 0.6 is 11.3 Å². The van der Waals surface area contributed by atoms with Crippen LogP contribution in [-0.2, 0) is 5.41 Å². The van der Waals surface area contributed by atoms with Crippen LogP contribution in [0.4, 0.5) is 0 Å². The van der Waals surface area contributed by atoms with Crippen LogP contribution in [0.25, 0.3) is 76.3 Å². The van der Waals surface area contributed by atoms with Crippen molar-refractivity contribution in [1.29, 1.82) is 0 Å². The number of fused-ring (bicyclic) bond motifs is 11. The highest BCUT2D eigenvalue weighted by atomic mass is 32.1. The summed E-state index contributed by atoms with van der Waals surface area (Å²) in [5, 5.41) is 2.70. The van der Waals surface area contributed by atoms with E-state index in [0.29, 0.717) is 11.8 Å². The third-order valence-electron chi connectivity index (χ3n) is 13.6. The second kappa shape index (κ2) is 12.9. The van der Waals surface area contributed by atoms with E-state index in [4.69, 9.17) is 9.97 Å². The molecule has 2 aromatic heterocycles. The van der Waals surface area contributed by atoms with Crippen LogP contribution in [0, 0.1) is 23.7 Å². The summed E-state index contributed by atoms with van der Waals surface area (Å²) in [6.07, 6.45) is 6.48. The quantitative estimate of drug-likeness (QED) is 0.176. The number of aromatic nitrogens is 2. The number of thiophene rings is 1. The fourth-order valence-electron chi connectivity index (χ4n) is 11.4. The molecule has 3 aliphatic carbocycles. The van der Waals surface area contributed by atoms with Gasteiger partial charge in [0.15, 0.2) is 5.82 Å². The van der Waals surface area contributed by atoms with Gasteiger partial charge in [-0.15, -0.1) is 11.3 Å². The highest BCUT2D eigenvalue weighted by Crippen LogP contribution is 2.67. The SMILES string of the molecule is CCC1CC2CC(C)C3(c4cccc(-c5ccc6sc7ccccc7c6c5)c4-c4cccc(-c5nc(-c6ccccc6)cc(-c6ccccc6)n5)c43)C(C1)C2. The predicted octanol–water partition coefficient (Wildman–Crippen LogP) is 14.3. The smallest absolute Gasteiger partial charge is 0.160 e. The normalized spacial score (nSPS) is 22.6. The number of benzene rings is 6. The van der Waals surface area contributed by atoms with Gasteiger partial charge in [-0.05, 0) is 107 Å². The Morgan fingerprint density at radius 1 is 0.582 bits per heavy atom. The van der Waals surface area contributed by atoms with Gasteiger partial charge in [-0.1, -0.05) is 142 Å². The lowest BCUT2D eigenvalue weighted by Crippen LogP contribution is -2.49. The Bertz CT molecular complexity index is 2690. The summed E-state index contributed by atoms with van der Waals surface area (Å²) < 4.78 is 2.70. The summed E-state index contributed by atoms with van der Waals surface area (Å²) in [5.74, 6) is 3.44. The van der Waals surface area contributed by atoms with Crippen LogP contribution in [-0.4, -0.2) is 9.97 Å². The minimum atomic E-state index is -0.125. The second-order valence-corrected chi connectivity index (χ2v) is 17.6. The van der Waals surface area contributed by atoms with Gasteiger partial charge in [0, 0.05) is 42.3 Å². The Morgan fingerprint density at radius 3 is 2.02 bits per heavy atom. The Morgan fingerprint density at radius 2 is 1.25 bits per heavy atom. The van der Waals surface area contributed by atoms with Crippen molar-refractivity contribution >= 4 is 31.5 Å². The van der Waals surface area contributed by atoms with E-state index in [1.165, 1.54) is 91.2 Å². The van der Waals surface area contributed by atoms with Gasteiger partial charge in [0.05, 0.1) is 11.4 Å². The molecule has 2 heterocycles. The minimum absolute atomic E-state index is 0.125. The molecule has 3 heteroatoms.